The van der Waals surface area contributed by atoms with E-state index in [4.69, 9.17) is 15.2 Å². The Morgan fingerprint density at radius 1 is 1.53 bits per heavy atom. The highest BCUT2D eigenvalue weighted by atomic mass is 35.7. The van der Waals surface area contributed by atoms with Gasteiger partial charge in [0.2, 0.25) is 9.05 Å². The first-order chi connectivity index (χ1) is 7.04. The zero-order chi connectivity index (χ0) is 10.9. The molecule has 0 fully saturated rings. The van der Waals surface area contributed by atoms with Gasteiger partial charge in [-0.05, 0) is 0 Å². The van der Waals surface area contributed by atoms with E-state index in [1.54, 1.807) is 11.7 Å². The molecule has 2 rings (SSSR count). The summed E-state index contributed by atoms with van der Waals surface area (Å²) in [5, 5.41) is 3.60. The highest BCUT2D eigenvalue weighted by Crippen LogP contribution is 2.24. The minimum absolute atomic E-state index is 0.286. The number of rotatable bonds is 3. The van der Waals surface area contributed by atoms with Gasteiger partial charge in [-0.25, -0.2) is 8.42 Å². The van der Waals surface area contributed by atoms with E-state index in [0.29, 0.717) is 5.76 Å². The first kappa shape index (κ1) is 10.6. The minimum Gasteiger partial charge on any atom is -0.355 e. The molecular weight excluding hydrogens is 260 g/mol. The van der Waals surface area contributed by atoms with Gasteiger partial charge in [-0.3, -0.25) is 4.98 Å². The molecule has 0 aliphatic heterocycles. The summed E-state index contributed by atoms with van der Waals surface area (Å²) in [6.45, 7) is 0. The van der Waals surface area contributed by atoms with E-state index in [0.717, 1.165) is 4.88 Å². The molecule has 2 aromatic heterocycles. The smallest absolute Gasteiger partial charge is 0.238 e. The summed E-state index contributed by atoms with van der Waals surface area (Å²) >= 11 is 1.38. The van der Waals surface area contributed by atoms with Crippen LogP contribution in [0.4, 0.5) is 0 Å². The van der Waals surface area contributed by atoms with E-state index < -0.39 is 9.05 Å². The van der Waals surface area contributed by atoms with Crippen molar-refractivity contribution in [3.8, 4) is 10.6 Å². The molecule has 0 N–H and O–H groups in total. The standard InChI is InChI=1S/C7H5ClN2O3S2/c8-15(11,12)3-5-1-6(13-10-5)7-2-9-4-14-7/h1-2,4H,3H2. The Morgan fingerprint density at radius 3 is 2.93 bits per heavy atom. The quantitative estimate of drug-likeness (QED) is 0.791. The van der Waals surface area contributed by atoms with Gasteiger partial charge in [-0.2, -0.15) is 0 Å². The Hall–Kier alpha value is -0.920. The van der Waals surface area contributed by atoms with E-state index in [2.05, 4.69) is 10.1 Å². The summed E-state index contributed by atoms with van der Waals surface area (Å²) in [6, 6.07) is 1.54. The largest absolute Gasteiger partial charge is 0.355 e. The molecule has 0 spiro atoms. The summed E-state index contributed by atoms with van der Waals surface area (Å²) < 4.78 is 26.5. The monoisotopic (exact) mass is 264 g/mol. The summed E-state index contributed by atoms with van der Waals surface area (Å²) in [7, 11) is 1.49. The average molecular weight is 265 g/mol. The molecule has 0 saturated heterocycles. The molecule has 2 heterocycles. The highest BCUT2D eigenvalue weighted by molar-refractivity contribution is 8.13. The summed E-state index contributed by atoms with van der Waals surface area (Å²) in [5.41, 5.74) is 1.93. The van der Waals surface area contributed by atoms with Gasteiger partial charge in [0.25, 0.3) is 0 Å². The van der Waals surface area contributed by atoms with Gasteiger partial charge in [0.1, 0.15) is 11.4 Å². The van der Waals surface area contributed by atoms with Crippen molar-refractivity contribution in [2.45, 2.75) is 5.75 Å². The average Bonchev–Trinajstić information content (AvgIpc) is 2.68. The van der Waals surface area contributed by atoms with Crippen molar-refractivity contribution < 1.29 is 12.9 Å². The third kappa shape index (κ3) is 2.77. The zero-order valence-electron chi connectivity index (χ0n) is 7.25. The molecule has 5 nitrogen and oxygen atoms in total. The second kappa shape index (κ2) is 3.92. The normalized spacial score (nSPS) is 11.8. The molecule has 8 heteroatoms. The Labute approximate surface area is 94.1 Å². The van der Waals surface area contributed by atoms with Crippen LogP contribution in [0.5, 0.6) is 0 Å². The summed E-state index contributed by atoms with van der Waals surface area (Å²) in [4.78, 5) is 4.66. The molecule has 0 aliphatic carbocycles. The lowest BCUT2D eigenvalue weighted by Gasteiger charge is -1.86. The van der Waals surface area contributed by atoms with Crippen LogP contribution >= 0.6 is 22.0 Å². The van der Waals surface area contributed by atoms with Gasteiger partial charge >= 0.3 is 0 Å². The first-order valence-corrected chi connectivity index (χ1v) is 7.17. The van der Waals surface area contributed by atoms with Crippen molar-refractivity contribution in [3.63, 3.8) is 0 Å². The highest BCUT2D eigenvalue weighted by Gasteiger charge is 2.13. The lowest BCUT2D eigenvalue weighted by atomic mass is 10.3. The summed E-state index contributed by atoms with van der Waals surface area (Å²) in [6.07, 6.45) is 1.62. The maximum absolute atomic E-state index is 10.8. The van der Waals surface area contributed by atoms with Gasteiger partial charge in [0, 0.05) is 22.9 Å². The molecule has 0 saturated carbocycles. The number of hydrogen-bond donors (Lipinski definition) is 0. The van der Waals surface area contributed by atoms with Gasteiger partial charge < -0.3 is 4.52 Å². The van der Waals surface area contributed by atoms with Crippen molar-refractivity contribution in [1.29, 1.82) is 0 Å². The number of halogens is 1. The van der Waals surface area contributed by atoms with Crippen molar-refractivity contribution in [2.24, 2.45) is 0 Å². The van der Waals surface area contributed by atoms with Crippen LogP contribution in [0.25, 0.3) is 10.6 Å². The van der Waals surface area contributed by atoms with Crippen LogP contribution in [0.1, 0.15) is 5.69 Å². The number of thiazole rings is 1. The Morgan fingerprint density at radius 2 is 2.33 bits per heavy atom. The molecule has 0 unspecified atom stereocenters. The van der Waals surface area contributed by atoms with Gasteiger partial charge in [-0.1, -0.05) is 5.16 Å². The second-order valence-electron chi connectivity index (χ2n) is 2.73. The van der Waals surface area contributed by atoms with Crippen molar-refractivity contribution in [3.05, 3.63) is 23.5 Å². The zero-order valence-corrected chi connectivity index (χ0v) is 9.64. The molecule has 0 amide bonds. The van der Waals surface area contributed by atoms with Crippen LogP contribution in [-0.4, -0.2) is 18.6 Å². The molecular formula is C7H5ClN2O3S2. The van der Waals surface area contributed by atoms with Crippen LogP contribution < -0.4 is 0 Å². The molecule has 0 atom stereocenters. The Balaban J connectivity index is 2.25. The molecule has 0 bridgehead atoms. The summed E-state index contributed by atoms with van der Waals surface area (Å²) in [5.74, 6) is 0.157. The third-order valence-electron chi connectivity index (χ3n) is 1.55. The van der Waals surface area contributed by atoms with E-state index in [1.807, 2.05) is 0 Å². The molecule has 0 aliphatic rings. The number of nitrogens with zero attached hydrogens (tertiary/aromatic N) is 2. The maximum Gasteiger partial charge on any atom is 0.238 e. The van der Waals surface area contributed by atoms with Gasteiger partial charge in [0.05, 0.1) is 10.4 Å². The van der Waals surface area contributed by atoms with Gasteiger partial charge in [-0.15, -0.1) is 11.3 Å². The fourth-order valence-electron chi connectivity index (χ4n) is 1.01. The van der Waals surface area contributed by atoms with Crippen molar-refractivity contribution >= 4 is 31.1 Å². The molecule has 80 valence electrons. The Bertz CT molecular complexity index is 547. The van der Waals surface area contributed by atoms with Crippen LogP contribution in [-0.2, 0) is 14.8 Å². The van der Waals surface area contributed by atoms with Crippen molar-refractivity contribution in [1.82, 2.24) is 10.1 Å². The predicted molar refractivity (Wildman–Crippen MR) is 56.1 cm³/mol. The first-order valence-electron chi connectivity index (χ1n) is 3.81. The van der Waals surface area contributed by atoms with E-state index in [1.165, 1.54) is 17.4 Å². The number of aromatic nitrogens is 2. The van der Waals surface area contributed by atoms with E-state index in [9.17, 15) is 8.42 Å². The van der Waals surface area contributed by atoms with Gasteiger partial charge in [0.15, 0.2) is 5.76 Å². The van der Waals surface area contributed by atoms with Crippen LogP contribution in [0.15, 0.2) is 22.3 Å². The van der Waals surface area contributed by atoms with E-state index in [-0.39, 0.29) is 11.4 Å². The fraction of sp³-hybridized carbons (Fsp3) is 0.143. The maximum atomic E-state index is 10.8. The number of hydrogen-bond acceptors (Lipinski definition) is 6. The van der Waals surface area contributed by atoms with Crippen LogP contribution in [0, 0.1) is 0 Å². The molecule has 0 radical (unpaired) electrons. The molecule has 0 aromatic carbocycles. The SMILES string of the molecule is O=S(=O)(Cl)Cc1cc(-c2cncs2)on1. The predicted octanol–water partition coefficient (Wildman–Crippen LogP) is 1.87. The van der Waals surface area contributed by atoms with Crippen molar-refractivity contribution in [2.75, 3.05) is 0 Å². The minimum atomic E-state index is -3.60. The molecule has 15 heavy (non-hydrogen) atoms. The van der Waals surface area contributed by atoms with Crippen LogP contribution in [0.2, 0.25) is 0 Å². The van der Waals surface area contributed by atoms with Crippen LogP contribution in [0.3, 0.4) is 0 Å². The topological polar surface area (TPSA) is 73.1 Å². The lowest BCUT2D eigenvalue weighted by Crippen LogP contribution is -1.94. The lowest BCUT2D eigenvalue weighted by molar-refractivity contribution is 0.426. The Kier molecular flexibility index (Phi) is 2.76. The third-order valence-corrected chi connectivity index (χ3v) is 3.31. The molecule has 2 aromatic rings. The van der Waals surface area contributed by atoms with E-state index >= 15 is 0 Å². The second-order valence-corrected chi connectivity index (χ2v) is 6.39. The fourth-order valence-corrected chi connectivity index (χ4v) is 2.40.